The summed E-state index contributed by atoms with van der Waals surface area (Å²) in [7, 11) is 1.44. The van der Waals surface area contributed by atoms with E-state index in [0.717, 1.165) is 0 Å². The van der Waals surface area contributed by atoms with Gasteiger partial charge in [-0.25, -0.2) is 14.4 Å². The molecule has 1 aromatic heterocycles. The predicted octanol–water partition coefficient (Wildman–Crippen LogP) is 3.78. The second-order valence-electron chi connectivity index (χ2n) is 3.27. The van der Waals surface area contributed by atoms with E-state index in [0.29, 0.717) is 10.3 Å². The molecular formula is C11H8BrClFN3O. The van der Waals surface area contributed by atoms with Gasteiger partial charge in [0, 0.05) is 4.47 Å². The molecule has 0 fully saturated rings. The average Bonchev–Trinajstić information content (AvgIpc) is 2.34. The third-order valence-corrected chi connectivity index (χ3v) is 3.10. The zero-order valence-electron chi connectivity index (χ0n) is 9.25. The van der Waals surface area contributed by atoms with Crippen LogP contribution in [-0.2, 0) is 0 Å². The Morgan fingerprint density at radius 1 is 1.39 bits per heavy atom. The van der Waals surface area contributed by atoms with Crippen molar-refractivity contribution in [1.82, 2.24) is 9.97 Å². The molecule has 0 amide bonds. The molecule has 0 saturated heterocycles. The lowest BCUT2D eigenvalue weighted by Crippen LogP contribution is -2.01. The number of nitrogens with zero attached hydrogens (tertiary/aromatic N) is 2. The van der Waals surface area contributed by atoms with Gasteiger partial charge in [0.2, 0.25) is 0 Å². The molecule has 2 aromatic rings. The molecule has 1 heterocycles. The number of ether oxygens (including phenoxy) is 1. The van der Waals surface area contributed by atoms with Crippen molar-refractivity contribution >= 4 is 39.0 Å². The summed E-state index contributed by atoms with van der Waals surface area (Å²) in [6, 6.07) is 4.64. The van der Waals surface area contributed by atoms with Crippen molar-refractivity contribution in [3.63, 3.8) is 0 Å². The summed E-state index contributed by atoms with van der Waals surface area (Å²) in [6.07, 6.45) is 1.27. The first kappa shape index (κ1) is 13.0. The van der Waals surface area contributed by atoms with E-state index in [4.69, 9.17) is 16.3 Å². The average molecular weight is 333 g/mol. The van der Waals surface area contributed by atoms with Crippen molar-refractivity contribution in [2.75, 3.05) is 12.4 Å². The number of halogens is 3. The minimum absolute atomic E-state index is 0.155. The highest BCUT2D eigenvalue weighted by Crippen LogP contribution is 2.34. The molecule has 7 heteroatoms. The van der Waals surface area contributed by atoms with E-state index in [1.807, 2.05) is 0 Å². The van der Waals surface area contributed by atoms with Crippen LogP contribution < -0.4 is 10.1 Å². The quantitative estimate of drug-likeness (QED) is 0.869. The minimum Gasteiger partial charge on any atom is -0.490 e. The van der Waals surface area contributed by atoms with Crippen LogP contribution in [0, 0.1) is 5.82 Å². The summed E-state index contributed by atoms with van der Waals surface area (Å²) in [5, 5.41) is 2.97. The Balaban J connectivity index is 2.43. The Kier molecular flexibility index (Phi) is 3.98. The zero-order valence-corrected chi connectivity index (χ0v) is 11.6. The lowest BCUT2D eigenvalue weighted by atomic mass is 10.3. The number of methoxy groups -OCH3 is 1. The lowest BCUT2D eigenvalue weighted by molar-refractivity contribution is 0.413. The number of rotatable bonds is 3. The number of benzene rings is 1. The second-order valence-corrected chi connectivity index (χ2v) is 4.48. The Morgan fingerprint density at radius 3 is 2.83 bits per heavy atom. The third kappa shape index (κ3) is 2.54. The molecular weight excluding hydrogens is 324 g/mol. The number of hydrogen-bond acceptors (Lipinski definition) is 4. The first-order valence-corrected chi connectivity index (χ1v) is 6.06. The molecule has 94 valence electrons. The topological polar surface area (TPSA) is 47.0 Å². The minimum atomic E-state index is -0.416. The van der Waals surface area contributed by atoms with E-state index < -0.39 is 5.82 Å². The van der Waals surface area contributed by atoms with Gasteiger partial charge < -0.3 is 10.1 Å². The van der Waals surface area contributed by atoms with Gasteiger partial charge in [0.15, 0.2) is 16.7 Å². The molecule has 18 heavy (non-hydrogen) atoms. The summed E-state index contributed by atoms with van der Waals surface area (Å²) in [6.45, 7) is 0. The fourth-order valence-corrected chi connectivity index (χ4v) is 2.01. The highest BCUT2D eigenvalue weighted by atomic mass is 79.9. The van der Waals surface area contributed by atoms with E-state index >= 15 is 0 Å². The number of para-hydroxylation sites is 1. The molecule has 0 aliphatic carbocycles. The van der Waals surface area contributed by atoms with Gasteiger partial charge in [0.1, 0.15) is 12.1 Å². The monoisotopic (exact) mass is 331 g/mol. The first-order valence-electron chi connectivity index (χ1n) is 4.89. The van der Waals surface area contributed by atoms with Crippen LogP contribution >= 0.6 is 27.5 Å². The Labute approximate surface area is 116 Å². The van der Waals surface area contributed by atoms with Gasteiger partial charge in [-0.1, -0.05) is 17.7 Å². The largest absolute Gasteiger partial charge is 0.490 e. The van der Waals surface area contributed by atoms with Gasteiger partial charge in [-0.15, -0.1) is 0 Å². The zero-order chi connectivity index (χ0) is 13.1. The van der Waals surface area contributed by atoms with E-state index in [2.05, 4.69) is 31.2 Å². The van der Waals surface area contributed by atoms with Gasteiger partial charge in [0.25, 0.3) is 0 Å². The van der Waals surface area contributed by atoms with E-state index in [9.17, 15) is 4.39 Å². The van der Waals surface area contributed by atoms with Gasteiger partial charge in [-0.3, -0.25) is 0 Å². The Hall–Kier alpha value is -1.40. The van der Waals surface area contributed by atoms with Gasteiger partial charge >= 0.3 is 0 Å². The normalized spacial score (nSPS) is 10.2. The van der Waals surface area contributed by atoms with Crippen LogP contribution in [0.1, 0.15) is 0 Å². The van der Waals surface area contributed by atoms with Crippen molar-refractivity contribution in [1.29, 1.82) is 0 Å². The van der Waals surface area contributed by atoms with Crippen LogP contribution in [0.5, 0.6) is 5.75 Å². The Bertz CT molecular complexity index is 562. The summed E-state index contributed by atoms with van der Waals surface area (Å²) in [4.78, 5) is 7.75. The summed E-state index contributed by atoms with van der Waals surface area (Å²) in [5.41, 5.74) is 0.255. The van der Waals surface area contributed by atoms with Crippen molar-refractivity contribution in [2.45, 2.75) is 0 Å². The van der Waals surface area contributed by atoms with Gasteiger partial charge in [-0.2, -0.15) is 0 Å². The van der Waals surface area contributed by atoms with E-state index in [1.165, 1.54) is 19.5 Å². The van der Waals surface area contributed by atoms with Gasteiger partial charge in [0.05, 0.1) is 12.8 Å². The summed E-state index contributed by atoms with van der Waals surface area (Å²) in [5.74, 6) is 0.138. The molecule has 1 aromatic carbocycles. The molecule has 1 N–H and O–H groups in total. The van der Waals surface area contributed by atoms with Crippen LogP contribution in [0.25, 0.3) is 0 Å². The molecule has 0 saturated carbocycles. The molecule has 0 radical (unpaired) electrons. The van der Waals surface area contributed by atoms with Crippen molar-refractivity contribution in [3.8, 4) is 5.75 Å². The molecule has 0 atom stereocenters. The molecule has 0 unspecified atom stereocenters. The van der Waals surface area contributed by atoms with Crippen LogP contribution in [0.15, 0.2) is 29.0 Å². The van der Waals surface area contributed by atoms with Crippen LogP contribution in [0.4, 0.5) is 15.9 Å². The lowest BCUT2D eigenvalue weighted by Gasteiger charge is -2.12. The second kappa shape index (κ2) is 5.49. The highest BCUT2D eigenvalue weighted by molar-refractivity contribution is 9.10. The third-order valence-electron chi connectivity index (χ3n) is 2.17. The Morgan fingerprint density at radius 2 is 2.17 bits per heavy atom. The fourth-order valence-electron chi connectivity index (χ4n) is 1.36. The van der Waals surface area contributed by atoms with Crippen molar-refractivity contribution in [2.24, 2.45) is 0 Å². The summed E-state index contributed by atoms with van der Waals surface area (Å²) >= 11 is 9.10. The highest BCUT2D eigenvalue weighted by Gasteiger charge is 2.13. The molecule has 0 spiro atoms. The number of hydrogen-bond donors (Lipinski definition) is 1. The standard InChI is InChI=1S/C11H8BrClFN3O/c1-18-9-10(13)15-5-16-11(9)17-8-6(12)3-2-4-7(8)14/h2-5H,1H3,(H,15,16,17). The van der Waals surface area contributed by atoms with Crippen LogP contribution in [0.3, 0.4) is 0 Å². The maximum absolute atomic E-state index is 13.7. The number of anilines is 2. The number of aromatic nitrogens is 2. The van der Waals surface area contributed by atoms with Gasteiger partial charge in [-0.05, 0) is 28.1 Å². The maximum Gasteiger partial charge on any atom is 0.199 e. The molecule has 2 rings (SSSR count). The van der Waals surface area contributed by atoms with Crippen LogP contribution in [0.2, 0.25) is 5.15 Å². The van der Waals surface area contributed by atoms with E-state index in [1.54, 1.807) is 12.1 Å². The smallest absolute Gasteiger partial charge is 0.199 e. The fraction of sp³-hybridized carbons (Fsp3) is 0.0909. The van der Waals surface area contributed by atoms with Crippen molar-refractivity contribution < 1.29 is 9.13 Å². The molecule has 0 aliphatic heterocycles. The molecule has 0 aliphatic rings. The van der Waals surface area contributed by atoms with Crippen LogP contribution in [-0.4, -0.2) is 17.1 Å². The van der Waals surface area contributed by atoms with E-state index in [-0.39, 0.29) is 16.6 Å². The predicted molar refractivity (Wildman–Crippen MR) is 71.0 cm³/mol. The number of nitrogens with one attached hydrogen (secondary N) is 1. The maximum atomic E-state index is 13.7. The first-order chi connectivity index (χ1) is 8.63. The molecule has 4 nitrogen and oxygen atoms in total. The SMILES string of the molecule is COc1c(Cl)ncnc1Nc1c(F)cccc1Br. The molecule has 0 bridgehead atoms. The summed E-state index contributed by atoms with van der Waals surface area (Å²) < 4.78 is 19.3. The van der Waals surface area contributed by atoms with Crippen molar-refractivity contribution in [3.05, 3.63) is 40.0 Å².